The fraction of sp³-hybridized carbons (Fsp3) is 0.250. The van der Waals surface area contributed by atoms with E-state index in [1.54, 1.807) is 42.6 Å². The molecule has 2 aromatic carbocycles. The second-order valence-corrected chi connectivity index (χ2v) is 7.68. The summed E-state index contributed by atoms with van der Waals surface area (Å²) in [6, 6.07) is 12.8. The van der Waals surface area contributed by atoms with Gasteiger partial charge in [0.25, 0.3) is 5.91 Å². The average Bonchev–Trinajstić information content (AvgIpc) is 3.41. The molecule has 0 spiro atoms. The highest BCUT2D eigenvalue weighted by Gasteiger charge is 2.31. The molecule has 3 aromatic rings. The zero-order valence-corrected chi connectivity index (χ0v) is 19.4. The Morgan fingerprint density at radius 1 is 1.19 bits per heavy atom. The van der Waals surface area contributed by atoms with Crippen LogP contribution in [0.2, 0.25) is 0 Å². The van der Waals surface area contributed by atoms with Crippen LogP contribution in [0.5, 0.6) is 11.5 Å². The minimum absolute atomic E-state index is 0.0984. The molecule has 0 fully saturated rings. The minimum atomic E-state index is -3.00. The number of methoxy groups -OCH3 is 1. The van der Waals surface area contributed by atoms with Crippen molar-refractivity contribution in [2.45, 2.75) is 32.6 Å². The number of rotatable bonds is 9. The number of nitrogens with one attached hydrogen (secondary N) is 2. The number of H-pyrrole nitrogens is 1. The number of hydrazone groups is 1. The number of aromatic nitrogens is 2. The highest BCUT2D eigenvalue weighted by atomic mass is 19.3. The Kier molecular flexibility index (Phi) is 7.42. The van der Waals surface area contributed by atoms with Crippen molar-refractivity contribution < 1.29 is 32.6 Å². The van der Waals surface area contributed by atoms with Crippen molar-refractivity contribution in [2.24, 2.45) is 5.10 Å². The zero-order valence-electron chi connectivity index (χ0n) is 19.4. The number of anilines is 1. The highest BCUT2D eigenvalue weighted by Crippen LogP contribution is 2.31. The third-order valence-electron chi connectivity index (χ3n) is 5.31. The van der Waals surface area contributed by atoms with Gasteiger partial charge < -0.3 is 19.5 Å². The lowest BCUT2D eigenvalue weighted by Crippen LogP contribution is -2.41. The van der Waals surface area contributed by atoms with Crippen molar-refractivity contribution >= 4 is 23.4 Å². The van der Waals surface area contributed by atoms with Crippen molar-refractivity contribution in [3.63, 3.8) is 0 Å². The molecule has 2 amide bonds. The number of halogens is 2. The monoisotopic (exact) mass is 499 g/mol. The second-order valence-electron chi connectivity index (χ2n) is 7.68. The Morgan fingerprint density at radius 2 is 1.97 bits per heavy atom. The minimum Gasteiger partial charge on any atom is -0.493 e. The van der Waals surface area contributed by atoms with Gasteiger partial charge in [-0.15, -0.1) is 0 Å². The normalized spacial score (nSPS) is 15.4. The molecule has 1 atom stereocenters. The molecule has 4 rings (SSSR count). The van der Waals surface area contributed by atoms with Crippen LogP contribution in [0.3, 0.4) is 0 Å². The maximum absolute atomic E-state index is 12.7. The molecule has 0 radical (unpaired) electrons. The van der Waals surface area contributed by atoms with Gasteiger partial charge in [0.1, 0.15) is 17.5 Å². The summed E-state index contributed by atoms with van der Waals surface area (Å²) in [7, 11) is 1.34. The first kappa shape index (κ1) is 24.6. The summed E-state index contributed by atoms with van der Waals surface area (Å²) in [5, 5.41) is 14.8. The van der Waals surface area contributed by atoms with Crippen molar-refractivity contribution in [3.8, 4) is 11.5 Å². The van der Waals surface area contributed by atoms with Crippen molar-refractivity contribution in [3.05, 3.63) is 71.5 Å². The zero-order chi connectivity index (χ0) is 25.7. The number of benzene rings is 2. The van der Waals surface area contributed by atoms with E-state index in [2.05, 4.69) is 25.4 Å². The first-order chi connectivity index (χ1) is 17.4. The fourth-order valence-electron chi connectivity index (χ4n) is 3.56. The molecule has 1 aliphatic heterocycles. The van der Waals surface area contributed by atoms with Gasteiger partial charge in [0.2, 0.25) is 0 Å². The van der Waals surface area contributed by atoms with E-state index in [0.29, 0.717) is 23.4 Å². The van der Waals surface area contributed by atoms with E-state index < -0.39 is 18.8 Å². The van der Waals surface area contributed by atoms with Crippen molar-refractivity contribution in [1.29, 1.82) is 0 Å². The lowest BCUT2D eigenvalue weighted by atomic mass is 10.0. The number of amides is 2. The van der Waals surface area contributed by atoms with Gasteiger partial charge in [-0.1, -0.05) is 19.1 Å². The number of alkyl halides is 2. The van der Waals surface area contributed by atoms with Gasteiger partial charge in [0.15, 0.2) is 11.5 Å². The van der Waals surface area contributed by atoms with E-state index in [9.17, 15) is 18.4 Å². The Morgan fingerprint density at radius 3 is 2.61 bits per heavy atom. The third kappa shape index (κ3) is 5.59. The predicted molar refractivity (Wildman–Crippen MR) is 125 cm³/mol. The van der Waals surface area contributed by atoms with Crippen molar-refractivity contribution in [2.75, 3.05) is 12.4 Å². The Labute approximate surface area is 204 Å². The standard InChI is InChI=1S/C24H23F2N5O5/c1-3-18-21(15-6-9-19(35-23(25)26)20(12-15)34-2)30-31(24(33)36-18)13-14-4-7-16(8-5-14)28-22(32)17-10-11-27-29-17/h4-12,18,23H,3,13H2,1-2H3,(H,27,29)(H,28,32). The Bertz CT molecular complexity index is 1250. The average molecular weight is 499 g/mol. The lowest BCUT2D eigenvalue weighted by Gasteiger charge is -2.29. The van der Waals surface area contributed by atoms with Crippen LogP contribution < -0.4 is 14.8 Å². The van der Waals surface area contributed by atoms with Gasteiger partial charge in [-0.05, 0) is 48.4 Å². The van der Waals surface area contributed by atoms with Crippen LogP contribution in [-0.4, -0.2) is 52.7 Å². The Balaban J connectivity index is 1.53. The number of hydrogen-bond donors (Lipinski definition) is 2. The molecule has 36 heavy (non-hydrogen) atoms. The summed E-state index contributed by atoms with van der Waals surface area (Å²) in [5.74, 6) is -0.376. The molecular weight excluding hydrogens is 476 g/mol. The molecule has 0 saturated carbocycles. The van der Waals surface area contributed by atoms with Crippen LogP contribution in [0.1, 0.15) is 35.0 Å². The van der Waals surface area contributed by atoms with Crippen LogP contribution in [0.25, 0.3) is 0 Å². The van der Waals surface area contributed by atoms with E-state index in [-0.39, 0.29) is 29.6 Å². The van der Waals surface area contributed by atoms with Crippen LogP contribution >= 0.6 is 0 Å². The largest absolute Gasteiger partial charge is 0.493 e. The van der Waals surface area contributed by atoms with Crippen LogP contribution in [0.15, 0.2) is 59.8 Å². The molecule has 2 N–H and O–H groups in total. The number of nitrogens with zero attached hydrogens (tertiary/aromatic N) is 3. The maximum Gasteiger partial charge on any atom is 0.431 e. The summed E-state index contributed by atoms with van der Waals surface area (Å²) in [6.07, 6.45) is 0.765. The molecule has 1 aromatic heterocycles. The molecule has 1 unspecified atom stereocenters. The number of carbonyl (C=O) groups excluding carboxylic acids is 2. The van der Waals surface area contributed by atoms with Crippen LogP contribution in [0.4, 0.5) is 19.3 Å². The number of ether oxygens (including phenoxy) is 3. The molecule has 1 aliphatic rings. The molecule has 2 heterocycles. The first-order valence-electron chi connectivity index (χ1n) is 11.0. The van der Waals surface area contributed by atoms with Gasteiger partial charge in [0, 0.05) is 17.4 Å². The van der Waals surface area contributed by atoms with Crippen molar-refractivity contribution in [1.82, 2.24) is 15.2 Å². The summed E-state index contributed by atoms with van der Waals surface area (Å²) < 4.78 is 40.6. The van der Waals surface area contributed by atoms with Gasteiger partial charge >= 0.3 is 12.7 Å². The maximum atomic E-state index is 12.7. The predicted octanol–water partition coefficient (Wildman–Crippen LogP) is 4.41. The topological polar surface area (TPSA) is 118 Å². The van der Waals surface area contributed by atoms with Gasteiger partial charge in [-0.3, -0.25) is 9.89 Å². The van der Waals surface area contributed by atoms with E-state index in [4.69, 9.17) is 9.47 Å². The number of hydrogen-bond acceptors (Lipinski definition) is 7. The molecule has 188 valence electrons. The number of cyclic esters (lactones) is 1. The van der Waals surface area contributed by atoms with Crippen LogP contribution in [-0.2, 0) is 11.3 Å². The third-order valence-corrected chi connectivity index (χ3v) is 5.31. The van der Waals surface area contributed by atoms with Gasteiger partial charge in [-0.2, -0.15) is 24.0 Å². The molecule has 12 heteroatoms. The van der Waals surface area contributed by atoms with Gasteiger partial charge in [0.05, 0.1) is 13.7 Å². The summed E-state index contributed by atoms with van der Waals surface area (Å²) in [5.41, 5.74) is 2.53. The second kappa shape index (κ2) is 10.8. The van der Waals surface area contributed by atoms with Gasteiger partial charge in [-0.25, -0.2) is 4.79 Å². The molecule has 0 saturated heterocycles. The summed E-state index contributed by atoms with van der Waals surface area (Å²) in [4.78, 5) is 24.7. The molecule has 0 aliphatic carbocycles. The SMILES string of the molecule is CCC1OC(=O)N(Cc2ccc(NC(=O)c3cc[nH]n3)cc2)N=C1c1ccc(OC(F)F)c(OC)c1. The quantitative estimate of drug-likeness (QED) is 0.450. The van der Waals surface area contributed by atoms with E-state index in [1.807, 2.05) is 6.92 Å². The fourth-order valence-corrected chi connectivity index (χ4v) is 3.56. The first-order valence-corrected chi connectivity index (χ1v) is 11.0. The molecular formula is C24H23F2N5O5. The highest BCUT2D eigenvalue weighted by molar-refractivity contribution is 6.06. The smallest absolute Gasteiger partial charge is 0.431 e. The lowest BCUT2D eigenvalue weighted by molar-refractivity contribution is -0.0512. The van der Waals surface area contributed by atoms with E-state index in [0.717, 1.165) is 5.56 Å². The molecule has 0 bridgehead atoms. The van der Waals surface area contributed by atoms with Crippen LogP contribution in [0, 0.1) is 0 Å². The van der Waals surface area contributed by atoms with E-state index in [1.165, 1.54) is 24.3 Å². The number of aromatic amines is 1. The number of carbonyl (C=O) groups is 2. The summed E-state index contributed by atoms with van der Waals surface area (Å²) in [6.45, 7) is -1.05. The summed E-state index contributed by atoms with van der Waals surface area (Å²) >= 11 is 0. The Hall–Kier alpha value is -4.48. The molecule has 10 nitrogen and oxygen atoms in total. The van der Waals surface area contributed by atoms with E-state index >= 15 is 0 Å².